The van der Waals surface area contributed by atoms with E-state index in [1.165, 1.54) is 6.08 Å². The number of carboxylic acids is 1. The van der Waals surface area contributed by atoms with Crippen molar-refractivity contribution in [2.45, 2.75) is 6.42 Å². The topological polar surface area (TPSA) is 75.6 Å². The van der Waals surface area contributed by atoms with Gasteiger partial charge in [-0.3, -0.25) is 4.79 Å². The number of benzene rings is 2. The van der Waals surface area contributed by atoms with Crippen molar-refractivity contribution in [3.8, 4) is 5.75 Å². The summed E-state index contributed by atoms with van der Waals surface area (Å²) in [6.07, 6.45) is 1.18. The maximum absolute atomic E-state index is 12.1. The first-order valence-corrected chi connectivity index (χ1v) is 7.49. The third kappa shape index (κ3) is 4.86. The zero-order valence-electron chi connectivity index (χ0n) is 13.0. The van der Waals surface area contributed by atoms with Crippen molar-refractivity contribution in [3.05, 3.63) is 64.7 Å². The number of hydrogen-bond donors (Lipinski definition) is 2. The zero-order valence-corrected chi connectivity index (χ0v) is 13.7. The molecule has 0 atom stereocenters. The van der Waals surface area contributed by atoms with Crippen molar-refractivity contribution in [3.63, 3.8) is 0 Å². The highest BCUT2D eigenvalue weighted by atomic mass is 35.5. The Labute approximate surface area is 144 Å². The minimum absolute atomic E-state index is 0.0234. The van der Waals surface area contributed by atoms with E-state index in [4.69, 9.17) is 16.3 Å². The summed E-state index contributed by atoms with van der Waals surface area (Å²) in [5.41, 5.74) is 1.09. The number of rotatable bonds is 6. The molecule has 1 amide bonds. The number of amides is 1. The lowest BCUT2D eigenvalue weighted by Crippen LogP contribution is -2.15. The van der Waals surface area contributed by atoms with Crippen LogP contribution >= 0.6 is 11.6 Å². The third-order valence-electron chi connectivity index (χ3n) is 3.23. The summed E-state index contributed by atoms with van der Waals surface area (Å²) in [6, 6.07) is 13.6. The van der Waals surface area contributed by atoms with E-state index in [-0.39, 0.29) is 12.0 Å². The van der Waals surface area contributed by atoms with E-state index in [1.807, 2.05) is 0 Å². The Hall–Kier alpha value is -2.79. The summed E-state index contributed by atoms with van der Waals surface area (Å²) in [5.74, 6) is -0.939. The molecule has 0 fully saturated rings. The molecule has 2 N–H and O–H groups in total. The predicted molar refractivity (Wildman–Crippen MR) is 93.3 cm³/mol. The average Bonchev–Trinajstić information content (AvgIpc) is 2.57. The lowest BCUT2D eigenvalue weighted by atomic mass is 10.1. The maximum atomic E-state index is 12.1. The van der Waals surface area contributed by atoms with Crippen molar-refractivity contribution in [2.24, 2.45) is 0 Å². The maximum Gasteiger partial charge on any atom is 0.332 e. The van der Waals surface area contributed by atoms with Crippen molar-refractivity contribution >= 4 is 35.2 Å². The second-order valence-electron chi connectivity index (χ2n) is 4.95. The predicted octanol–water partition coefficient (Wildman–Crippen LogP) is 3.85. The molecule has 0 bridgehead atoms. The minimum Gasteiger partial charge on any atom is -0.497 e. The number of carbonyl (C=O) groups is 2. The van der Waals surface area contributed by atoms with Crippen molar-refractivity contribution in [2.75, 3.05) is 12.4 Å². The van der Waals surface area contributed by atoms with Crippen LogP contribution in [0.5, 0.6) is 5.75 Å². The van der Waals surface area contributed by atoms with Crippen LogP contribution in [-0.2, 0) is 9.59 Å². The van der Waals surface area contributed by atoms with Gasteiger partial charge in [0.15, 0.2) is 0 Å². The Morgan fingerprint density at radius 1 is 1.17 bits per heavy atom. The number of carboxylic acid groups (broad SMARTS) is 1. The Balaban J connectivity index is 2.12. The Bertz CT molecular complexity index is 769. The molecule has 0 aliphatic carbocycles. The number of carbonyl (C=O) groups excluding carboxylic acids is 1. The number of hydrogen-bond acceptors (Lipinski definition) is 3. The van der Waals surface area contributed by atoms with Crippen LogP contribution in [0.15, 0.2) is 54.1 Å². The quantitative estimate of drug-likeness (QED) is 0.780. The highest BCUT2D eigenvalue weighted by Crippen LogP contribution is 2.21. The molecule has 124 valence electrons. The molecule has 0 radical (unpaired) electrons. The van der Waals surface area contributed by atoms with Gasteiger partial charge in [0, 0.05) is 5.57 Å². The van der Waals surface area contributed by atoms with Gasteiger partial charge >= 0.3 is 5.97 Å². The van der Waals surface area contributed by atoms with E-state index in [0.717, 1.165) is 0 Å². The van der Waals surface area contributed by atoms with Gasteiger partial charge in [0.25, 0.3) is 0 Å². The minimum atomic E-state index is -1.15. The molecule has 2 aromatic rings. The third-order valence-corrected chi connectivity index (χ3v) is 3.56. The Morgan fingerprint density at radius 3 is 2.42 bits per heavy atom. The van der Waals surface area contributed by atoms with Gasteiger partial charge in [-0.1, -0.05) is 35.9 Å². The van der Waals surface area contributed by atoms with E-state index >= 15 is 0 Å². The smallest absolute Gasteiger partial charge is 0.332 e. The molecular formula is C18H16ClNO4. The lowest BCUT2D eigenvalue weighted by molar-refractivity contribution is -0.133. The van der Waals surface area contributed by atoms with E-state index < -0.39 is 11.9 Å². The fourth-order valence-corrected chi connectivity index (χ4v) is 2.20. The largest absolute Gasteiger partial charge is 0.497 e. The van der Waals surface area contributed by atoms with Crippen molar-refractivity contribution in [1.82, 2.24) is 0 Å². The van der Waals surface area contributed by atoms with Gasteiger partial charge in [-0.2, -0.15) is 0 Å². The van der Waals surface area contributed by atoms with Gasteiger partial charge in [-0.05, 0) is 35.9 Å². The number of nitrogens with one attached hydrogen (secondary N) is 1. The Morgan fingerprint density at radius 2 is 1.83 bits per heavy atom. The van der Waals surface area contributed by atoms with Gasteiger partial charge in [-0.15, -0.1) is 0 Å². The van der Waals surface area contributed by atoms with Crippen LogP contribution in [0.2, 0.25) is 5.02 Å². The highest BCUT2D eigenvalue weighted by Gasteiger charge is 2.14. The standard InChI is InChI=1S/C18H16ClNO4/c1-24-14-8-6-12(7-9-14)10-13(18(22)23)11-17(21)20-16-5-3-2-4-15(16)19/h2-10H,11H2,1H3,(H,20,21)(H,22,23). The number of aliphatic carboxylic acids is 1. The van der Waals surface area contributed by atoms with Gasteiger partial charge in [0.05, 0.1) is 24.2 Å². The Kier molecular flexibility index (Phi) is 5.98. The van der Waals surface area contributed by atoms with E-state index in [9.17, 15) is 14.7 Å². The van der Waals surface area contributed by atoms with Gasteiger partial charge in [-0.25, -0.2) is 4.79 Å². The average molecular weight is 346 g/mol. The molecule has 0 unspecified atom stereocenters. The molecule has 0 spiro atoms. The fraction of sp³-hybridized carbons (Fsp3) is 0.111. The van der Waals surface area contributed by atoms with Crippen molar-refractivity contribution in [1.29, 1.82) is 0 Å². The second kappa shape index (κ2) is 8.17. The molecule has 0 aliphatic heterocycles. The zero-order chi connectivity index (χ0) is 17.5. The summed E-state index contributed by atoms with van der Waals surface area (Å²) >= 11 is 5.97. The SMILES string of the molecule is COc1ccc(C=C(CC(=O)Nc2ccccc2Cl)C(=O)O)cc1. The second-order valence-corrected chi connectivity index (χ2v) is 5.36. The van der Waals surface area contributed by atoms with Crippen LogP contribution in [0.3, 0.4) is 0 Å². The van der Waals surface area contributed by atoms with E-state index in [1.54, 1.807) is 55.6 Å². The van der Waals surface area contributed by atoms with Crippen LogP contribution in [0.1, 0.15) is 12.0 Å². The highest BCUT2D eigenvalue weighted by molar-refractivity contribution is 6.33. The van der Waals surface area contributed by atoms with E-state index in [2.05, 4.69) is 5.32 Å². The molecule has 6 heteroatoms. The molecule has 5 nitrogen and oxygen atoms in total. The molecule has 24 heavy (non-hydrogen) atoms. The van der Waals surface area contributed by atoms with Crippen molar-refractivity contribution < 1.29 is 19.4 Å². The fourth-order valence-electron chi connectivity index (χ4n) is 2.02. The summed E-state index contributed by atoms with van der Waals surface area (Å²) in [4.78, 5) is 23.5. The molecule has 0 saturated heterocycles. The molecule has 2 aromatic carbocycles. The number of halogens is 1. The van der Waals surface area contributed by atoms with Crippen LogP contribution in [0.4, 0.5) is 5.69 Å². The summed E-state index contributed by atoms with van der Waals surface area (Å²) in [6.45, 7) is 0. The first-order valence-electron chi connectivity index (χ1n) is 7.12. The molecular weight excluding hydrogens is 330 g/mol. The molecule has 2 rings (SSSR count). The number of methoxy groups -OCH3 is 1. The molecule has 0 aliphatic rings. The van der Waals surface area contributed by atoms with Crippen LogP contribution < -0.4 is 10.1 Å². The van der Waals surface area contributed by atoms with Crippen LogP contribution in [-0.4, -0.2) is 24.1 Å². The van der Waals surface area contributed by atoms with Gasteiger partial charge in [0.2, 0.25) is 5.91 Å². The number of anilines is 1. The molecule has 0 heterocycles. The summed E-state index contributed by atoms with van der Waals surface area (Å²) in [5, 5.41) is 12.3. The van der Waals surface area contributed by atoms with Gasteiger partial charge in [0.1, 0.15) is 5.75 Å². The number of para-hydroxylation sites is 1. The van der Waals surface area contributed by atoms with E-state index in [0.29, 0.717) is 22.0 Å². The molecule has 0 saturated carbocycles. The normalized spacial score (nSPS) is 11.0. The number of ether oxygens (including phenoxy) is 1. The van der Waals surface area contributed by atoms with Crippen LogP contribution in [0.25, 0.3) is 6.08 Å². The first-order chi connectivity index (χ1) is 11.5. The molecule has 0 aromatic heterocycles. The van der Waals surface area contributed by atoms with Gasteiger partial charge < -0.3 is 15.2 Å². The van der Waals surface area contributed by atoms with Crippen LogP contribution in [0, 0.1) is 0 Å². The first kappa shape index (κ1) is 17.6. The summed E-state index contributed by atoms with van der Waals surface area (Å²) < 4.78 is 5.05. The summed E-state index contributed by atoms with van der Waals surface area (Å²) in [7, 11) is 1.55. The lowest BCUT2D eigenvalue weighted by Gasteiger charge is -2.08. The monoisotopic (exact) mass is 345 g/mol.